The Morgan fingerprint density at radius 3 is 2.72 bits per heavy atom. The summed E-state index contributed by atoms with van der Waals surface area (Å²) in [5, 5.41) is 9.28. The van der Waals surface area contributed by atoms with E-state index in [-0.39, 0.29) is 5.78 Å². The standard InChI is InChI=1S/C15H21NO2/c1-12(17)10-14-4-2-3-9-16(14)11-13-5-7-15(18)8-6-13/h5-8,14,18H,2-4,9-11H2,1H3. The molecule has 0 spiro atoms. The molecule has 98 valence electrons. The molecule has 1 aliphatic heterocycles. The summed E-state index contributed by atoms with van der Waals surface area (Å²) in [5.74, 6) is 0.579. The van der Waals surface area contributed by atoms with E-state index in [0.29, 0.717) is 18.2 Å². The zero-order valence-corrected chi connectivity index (χ0v) is 10.9. The van der Waals surface area contributed by atoms with E-state index in [1.165, 1.54) is 18.4 Å². The number of Topliss-reactive ketones (excluding diaryl/α,β-unsaturated/α-hetero) is 1. The predicted octanol–water partition coefficient (Wildman–Crippen LogP) is 2.73. The average molecular weight is 247 g/mol. The Bertz CT molecular complexity index is 399. The van der Waals surface area contributed by atoms with Crippen molar-refractivity contribution in [1.82, 2.24) is 4.90 Å². The van der Waals surface area contributed by atoms with Crippen molar-refractivity contribution < 1.29 is 9.90 Å². The minimum Gasteiger partial charge on any atom is -0.508 e. The van der Waals surface area contributed by atoms with Crippen molar-refractivity contribution in [2.24, 2.45) is 0 Å². The fourth-order valence-corrected chi connectivity index (χ4v) is 2.67. The largest absolute Gasteiger partial charge is 0.508 e. The van der Waals surface area contributed by atoms with Crippen molar-refractivity contribution in [2.75, 3.05) is 6.54 Å². The van der Waals surface area contributed by atoms with Crippen molar-refractivity contribution in [2.45, 2.75) is 45.2 Å². The van der Waals surface area contributed by atoms with Crippen LogP contribution in [0.25, 0.3) is 0 Å². The molecule has 1 aromatic carbocycles. The number of aromatic hydroxyl groups is 1. The molecule has 1 unspecified atom stereocenters. The monoisotopic (exact) mass is 247 g/mol. The van der Waals surface area contributed by atoms with Gasteiger partial charge in [0.2, 0.25) is 0 Å². The molecule has 0 bridgehead atoms. The van der Waals surface area contributed by atoms with E-state index in [1.807, 2.05) is 12.1 Å². The Morgan fingerprint density at radius 1 is 1.33 bits per heavy atom. The van der Waals surface area contributed by atoms with E-state index in [4.69, 9.17) is 0 Å². The molecule has 1 heterocycles. The molecule has 3 heteroatoms. The third-order valence-corrected chi connectivity index (χ3v) is 3.59. The van der Waals surface area contributed by atoms with Crippen LogP contribution in [0.2, 0.25) is 0 Å². The first-order chi connectivity index (χ1) is 8.65. The Kier molecular flexibility index (Phi) is 4.37. The van der Waals surface area contributed by atoms with Gasteiger partial charge in [-0.25, -0.2) is 0 Å². The number of rotatable bonds is 4. The van der Waals surface area contributed by atoms with Crippen molar-refractivity contribution in [3.05, 3.63) is 29.8 Å². The minimum atomic E-state index is 0.276. The quantitative estimate of drug-likeness (QED) is 0.889. The highest BCUT2D eigenvalue weighted by molar-refractivity contribution is 5.76. The molecule has 0 saturated carbocycles. The first-order valence-corrected chi connectivity index (χ1v) is 6.66. The van der Waals surface area contributed by atoms with E-state index in [0.717, 1.165) is 19.5 Å². The lowest BCUT2D eigenvalue weighted by atomic mass is 9.97. The summed E-state index contributed by atoms with van der Waals surface area (Å²) >= 11 is 0. The highest BCUT2D eigenvalue weighted by Crippen LogP contribution is 2.22. The van der Waals surface area contributed by atoms with E-state index in [9.17, 15) is 9.90 Å². The molecule has 1 N–H and O–H groups in total. The number of likely N-dealkylation sites (tertiary alicyclic amines) is 1. The molecule has 1 fully saturated rings. The van der Waals surface area contributed by atoms with Crippen LogP contribution >= 0.6 is 0 Å². The summed E-state index contributed by atoms with van der Waals surface area (Å²) in [4.78, 5) is 13.7. The molecule has 0 radical (unpaired) electrons. The number of ketones is 1. The van der Waals surface area contributed by atoms with Gasteiger partial charge in [-0.2, -0.15) is 0 Å². The second-order valence-electron chi connectivity index (χ2n) is 5.19. The summed E-state index contributed by atoms with van der Waals surface area (Å²) in [6, 6.07) is 7.74. The number of benzene rings is 1. The van der Waals surface area contributed by atoms with E-state index >= 15 is 0 Å². The Morgan fingerprint density at radius 2 is 2.06 bits per heavy atom. The van der Waals surface area contributed by atoms with Crippen LogP contribution in [0.3, 0.4) is 0 Å². The van der Waals surface area contributed by atoms with Crippen LogP contribution < -0.4 is 0 Å². The maximum Gasteiger partial charge on any atom is 0.131 e. The highest BCUT2D eigenvalue weighted by atomic mass is 16.3. The zero-order valence-electron chi connectivity index (χ0n) is 10.9. The van der Waals surface area contributed by atoms with Crippen molar-refractivity contribution >= 4 is 5.78 Å². The number of hydrogen-bond donors (Lipinski definition) is 1. The second kappa shape index (κ2) is 6.01. The second-order valence-corrected chi connectivity index (χ2v) is 5.19. The number of hydrogen-bond acceptors (Lipinski definition) is 3. The maximum atomic E-state index is 11.3. The van der Waals surface area contributed by atoms with Crippen LogP contribution in [0.4, 0.5) is 0 Å². The number of phenolic OH excluding ortho intramolecular Hbond substituents is 1. The molecule has 2 rings (SSSR count). The zero-order chi connectivity index (χ0) is 13.0. The molecular formula is C15H21NO2. The molecular weight excluding hydrogens is 226 g/mol. The topological polar surface area (TPSA) is 40.5 Å². The molecule has 0 aliphatic carbocycles. The van der Waals surface area contributed by atoms with Gasteiger partial charge in [-0.05, 0) is 44.0 Å². The molecule has 0 aromatic heterocycles. The van der Waals surface area contributed by atoms with Gasteiger partial charge in [0.15, 0.2) is 0 Å². The first kappa shape index (κ1) is 13.1. The SMILES string of the molecule is CC(=O)CC1CCCCN1Cc1ccc(O)cc1. The van der Waals surface area contributed by atoms with Crippen molar-refractivity contribution in [3.8, 4) is 5.75 Å². The third-order valence-electron chi connectivity index (χ3n) is 3.59. The number of carbonyl (C=O) groups is 1. The van der Waals surface area contributed by atoms with E-state index in [1.54, 1.807) is 19.1 Å². The van der Waals surface area contributed by atoms with E-state index in [2.05, 4.69) is 4.90 Å². The summed E-state index contributed by atoms with van der Waals surface area (Å²) in [6.45, 7) is 3.62. The van der Waals surface area contributed by atoms with Gasteiger partial charge in [0.1, 0.15) is 11.5 Å². The van der Waals surface area contributed by atoms with Gasteiger partial charge >= 0.3 is 0 Å². The van der Waals surface area contributed by atoms with Gasteiger partial charge in [0.05, 0.1) is 0 Å². The Labute approximate surface area is 108 Å². The molecule has 1 aromatic rings. The molecule has 0 amide bonds. The van der Waals surface area contributed by atoms with Crippen LogP contribution in [0.15, 0.2) is 24.3 Å². The van der Waals surface area contributed by atoms with Gasteiger partial charge in [0.25, 0.3) is 0 Å². The average Bonchev–Trinajstić information content (AvgIpc) is 2.34. The predicted molar refractivity (Wildman–Crippen MR) is 71.5 cm³/mol. The fourth-order valence-electron chi connectivity index (χ4n) is 2.67. The smallest absolute Gasteiger partial charge is 0.131 e. The Balaban J connectivity index is 2.00. The lowest BCUT2D eigenvalue weighted by Crippen LogP contribution is -2.39. The van der Waals surface area contributed by atoms with Crippen molar-refractivity contribution in [3.63, 3.8) is 0 Å². The summed E-state index contributed by atoms with van der Waals surface area (Å²) in [5.41, 5.74) is 1.20. The molecule has 3 nitrogen and oxygen atoms in total. The van der Waals surface area contributed by atoms with Gasteiger partial charge in [-0.15, -0.1) is 0 Å². The van der Waals surface area contributed by atoms with Crippen LogP contribution in [0.5, 0.6) is 5.75 Å². The highest BCUT2D eigenvalue weighted by Gasteiger charge is 2.23. The maximum absolute atomic E-state index is 11.3. The van der Waals surface area contributed by atoms with Gasteiger partial charge in [0, 0.05) is 19.0 Å². The van der Waals surface area contributed by atoms with Crippen LogP contribution in [-0.2, 0) is 11.3 Å². The fraction of sp³-hybridized carbons (Fsp3) is 0.533. The number of phenols is 1. The summed E-state index contributed by atoms with van der Waals surface area (Å²) in [6.07, 6.45) is 4.23. The summed E-state index contributed by atoms with van der Waals surface area (Å²) in [7, 11) is 0. The molecule has 1 atom stereocenters. The Hall–Kier alpha value is -1.35. The number of piperidine rings is 1. The third kappa shape index (κ3) is 3.57. The lowest BCUT2D eigenvalue weighted by molar-refractivity contribution is -0.118. The van der Waals surface area contributed by atoms with Crippen LogP contribution in [-0.4, -0.2) is 28.4 Å². The molecule has 1 saturated heterocycles. The van der Waals surface area contributed by atoms with Crippen LogP contribution in [0, 0.1) is 0 Å². The number of nitrogens with zero attached hydrogens (tertiary/aromatic N) is 1. The van der Waals surface area contributed by atoms with Gasteiger partial charge < -0.3 is 5.11 Å². The van der Waals surface area contributed by atoms with Gasteiger partial charge in [-0.3, -0.25) is 9.69 Å². The normalized spacial score (nSPS) is 20.8. The van der Waals surface area contributed by atoms with Crippen molar-refractivity contribution in [1.29, 1.82) is 0 Å². The van der Waals surface area contributed by atoms with Gasteiger partial charge in [-0.1, -0.05) is 18.6 Å². The minimum absolute atomic E-state index is 0.276. The van der Waals surface area contributed by atoms with E-state index < -0.39 is 0 Å². The first-order valence-electron chi connectivity index (χ1n) is 6.66. The molecule has 1 aliphatic rings. The lowest BCUT2D eigenvalue weighted by Gasteiger charge is -2.35. The summed E-state index contributed by atoms with van der Waals surface area (Å²) < 4.78 is 0. The molecule has 18 heavy (non-hydrogen) atoms. The van der Waals surface area contributed by atoms with Crippen LogP contribution in [0.1, 0.15) is 38.2 Å². The number of carbonyl (C=O) groups excluding carboxylic acids is 1.